The van der Waals surface area contributed by atoms with Gasteiger partial charge in [-0.2, -0.15) is 5.10 Å². The van der Waals surface area contributed by atoms with Crippen LogP contribution in [-0.2, 0) is 17.9 Å². The van der Waals surface area contributed by atoms with Gasteiger partial charge in [0.2, 0.25) is 0 Å². The van der Waals surface area contributed by atoms with Crippen LogP contribution in [0.5, 0.6) is 5.75 Å². The molecule has 1 atom stereocenters. The van der Waals surface area contributed by atoms with Crippen LogP contribution in [0.1, 0.15) is 36.7 Å². The summed E-state index contributed by atoms with van der Waals surface area (Å²) in [6.45, 7) is 6.40. The summed E-state index contributed by atoms with van der Waals surface area (Å²) in [4.78, 5) is 29.0. The molecule has 3 rings (SSSR count). The molecule has 9 nitrogen and oxygen atoms in total. The number of fused-ring (bicyclic) bond motifs is 1. The highest BCUT2D eigenvalue weighted by atomic mass is 35.5. The molecule has 3 aromatic rings. The Morgan fingerprint density at radius 3 is 2.62 bits per heavy atom. The number of ether oxygens (including phenoxy) is 1. The molecule has 0 aliphatic rings. The first-order chi connectivity index (χ1) is 15.3. The third-order valence-corrected chi connectivity index (χ3v) is 5.41. The van der Waals surface area contributed by atoms with Gasteiger partial charge in [-0.05, 0) is 30.5 Å². The number of halogens is 1. The predicted molar refractivity (Wildman–Crippen MR) is 122 cm³/mol. The summed E-state index contributed by atoms with van der Waals surface area (Å²) in [5, 5.41) is 20.8. The van der Waals surface area contributed by atoms with Crippen LogP contribution in [0.2, 0.25) is 5.02 Å². The second-order valence-corrected chi connectivity index (χ2v) is 8.01. The Labute approximate surface area is 190 Å². The molecular formula is C22H26ClN5O4. The van der Waals surface area contributed by atoms with E-state index in [9.17, 15) is 14.7 Å². The Morgan fingerprint density at radius 2 is 2.03 bits per heavy atom. The van der Waals surface area contributed by atoms with Gasteiger partial charge in [-0.1, -0.05) is 31.5 Å². The van der Waals surface area contributed by atoms with Gasteiger partial charge < -0.3 is 20.5 Å². The number of hydrogen-bond donors (Lipinski definition) is 3. The fraction of sp³-hybridized carbons (Fsp3) is 0.364. The number of aliphatic carboxylic acids is 1. The molecule has 10 heteroatoms. The number of nitrogens with one attached hydrogen (secondary N) is 2. The maximum Gasteiger partial charge on any atom is 0.326 e. The van der Waals surface area contributed by atoms with Crippen molar-refractivity contribution in [1.82, 2.24) is 20.1 Å². The fourth-order valence-corrected chi connectivity index (χ4v) is 3.64. The Balaban J connectivity index is 1.98. The average Bonchev–Trinajstić information content (AvgIpc) is 3.18. The Hall–Kier alpha value is -3.33. The first-order valence-corrected chi connectivity index (χ1v) is 10.6. The molecule has 0 saturated carbocycles. The monoisotopic (exact) mass is 459 g/mol. The van der Waals surface area contributed by atoms with E-state index in [0.717, 1.165) is 5.56 Å². The number of methoxy groups -OCH3 is 1. The van der Waals surface area contributed by atoms with Crippen LogP contribution in [0.3, 0.4) is 0 Å². The molecule has 0 unspecified atom stereocenters. The molecule has 1 amide bonds. The van der Waals surface area contributed by atoms with Crippen molar-refractivity contribution >= 4 is 40.2 Å². The lowest BCUT2D eigenvalue weighted by atomic mass is 10.0. The summed E-state index contributed by atoms with van der Waals surface area (Å²) in [5.41, 5.74) is 2.25. The Morgan fingerprint density at radius 1 is 1.28 bits per heavy atom. The molecule has 0 saturated heterocycles. The van der Waals surface area contributed by atoms with Crippen LogP contribution in [0.25, 0.3) is 11.0 Å². The van der Waals surface area contributed by atoms with Crippen molar-refractivity contribution in [3.8, 4) is 5.75 Å². The number of anilines is 1. The van der Waals surface area contributed by atoms with Crippen molar-refractivity contribution in [2.75, 3.05) is 12.4 Å². The van der Waals surface area contributed by atoms with Crippen molar-refractivity contribution < 1.29 is 19.4 Å². The van der Waals surface area contributed by atoms with E-state index < -0.39 is 17.9 Å². The molecular weight excluding hydrogens is 434 g/mol. The first-order valence-electron chi connectivity index (χ1n) is 10.2. The zero-order valence-electron chi connectivity index (χ0n) is 18.3. The summed E-state index contributed by atoms with van der Waals surface area (Å²) >= 11 is 6.23. The molecule has 0 aliphatic carbocycles. The van der Waals surface area contributed by atoms with Crippen molar-refractivity contribution in [2.45, 2.75) is 39.9 Å². The number of aryl methyl sites for hydroxylation is 1. The van der Waals surface area contributed by atoms with Gasteiger partial charge in [0.15, 0.2) is 5.65 Å². The lowest BCUT2D eigenvalue weighted by molar-refractivity contribution is -0.140. The van der Waals surface area contributed by atoms with Gasteiger partial charge in [0, 0.05) is 19.3 Å². The first kappa shape index (κ1) is 23.3. The number of aromatic nitrogens is 3. The van der Waals surface area contributed by atoms with Crippen molar-refractivity contribution in [3.05, 3.63) is 46.7 Å². The SMILES string of the molecule is CCn1ncc2c(NCc3ccc(OC)c(Cl)c3)c(C(=O)N[C@H](C(=O)O)C(C)C)cnc21. The number of rotatable bonds is 9. The number of carbonyl (C=O) groups is 2. The highest BCUT2D eigenvalue weighted by molar-refractivity contribution is 6.32. The molecule has 0 spiro atoms. The number of carboxylic acid groups (broad SMARTS) is 1. The van der Waals surface area contributed by atoms with Crippen LogP contribution in [0.15, 0.2) is 30.6 Å². The lowest BCUT2D eigenvalue weighted by Gasteiger charge is -2.19. The zero-order chi connectivity index (χ0) is 23.4. The number of carboxylic acids is 1. The summed E-state index contributed by atoms with van der Waals surface area (Å²) < 4.78 is 6.91. The van der Waals surface area contributed by atoms with E-state index in [1.165, 1.54) is 6.20 Å². The second-order valence-electron chi connectivity index (χ2n) is 7.60. The molecule has 3 N–H and O–H groups in total. The van der Waals surface area contributed by atoms with E-state index in [1.54, 1.807) is 44.0 Å². The van der Waals surface area contributed by atoms with Gasteiger partial charge in [0.05, 0.1) is 35.0 Å². The number of amides is 1. The van der Waals surface area contributed by atoms with Gasteiger partial charge in [-0.25, -0.2) is 14.5 Å². The normalized spacial score (nSPS) is 12.1. The van der Waals surface area contributed by atoms with Crippen LogP contribution in [0.4, 0.5) is 5.69 Å². The van der Waals surface area contributed by atoms with E-state index in [1.807, 2.05) is 13.0 Å². The Kier molecular flexibility index (Phi) is 7.19. The third-order valence-electron chi connectivity index (χ3n) is 5.12. The largest absolute Gasteiger partial charge is 0.495 e. The van der Waals surface area contributed by atoms with Gasteiger partial charge in [0.25, 0.3) is 5.91 Å². The molecule has 2 aromatic heterocycles. The number of carbonyl (C=O) groups excluding carboxylic acids is 1. The topological polar surface area (TPSA) is 118 Å². The van der Waals surface area contributed by atoms with Crippen LogP contribution < -0.4 is 15.4 Å². The van der Waals surface area contributed by atoms with Gasteiger partial charge >= 0.3 is 5.97 Å². The standard InChI is InChI=1S/C22H26ClN5O4/c1-5-28-20-14(11-26-28)19(24-9-13-6-7-17(32-4)16(23)8-13)15(10-25-20)21(29)27-18(12(2)3)22(30)31/h6-8,10-12,18H,5,9H2,1-4H3,(H,24,25)(H,27,29)(H,30,31)/t18-/m0/s1. The third kappa shape index (κ3) is 4.77. The van der Waals surface area contributed by atoms with Crippen molar-refractivity contribution in [2.24, 2.45) is 5.92 Å². The van der Waals surface area contributed by atoms with E-state index in [-0.39, 0.29) is 11.5 Å². The molecule has 0 fully saturated rings. The van der Waals surface area contributed by atoms with Crippen molar-refractivity contribution in [3.63, 3.8) is 0 Å². The van der Waals surface area contributed by atoms with Crippen LogP contribution >= 0.6 is 11.6 Å². The number of benzene rings is 1. The number of pyridine rings is 1. The molecule has 170 valence electrons. The van der Waals surface area contributed by atoms with E-state index >= 15 is 0 Å². The Bertz CT molecular complexity index is 1140. The van der Waals surface area contributed by atoms with Gasteiger partial charge in [-0.15, -0.1) is 0 Å². The van der Waals surface area contributed by atoms with Crippen LogP contribution in [0, 0.1) is 5.92 Å². The zero-order valence-corrected chi connectivity index (χ0v) is 19.1. The lowest BCUT2D eigenvalue weighted by Crippen LogP contribution is -2.44. The van der Waals surface area contributed by atoms with E-state index in [0.29, 0.717) is 40.6 Å². The van der Waals surface area contributed by atoms with E-state index in [2.05, 4.69) is 20.7 Å². The summed E-state index contributed by atoms with van der Waals surface area (Å²) in [5.74, 6) is -1.34. The van der Waals surface area contributed by atoms with Crippen molar-refractivity contribution in [1.29, 1.82) is 0 Å². The average molecular weight is 460 g/mol. The minimum Gasteiger partial charge on any atom is -0.495 e. The van der Waals surface area contributed by atoms with E-state index in [4.69, 9.17) is 16.3 Å². The predicted octanol–water partition coefficient (Wildman–Crippen LogP) is 3.56. The quantitative estimate of drug-likeness (QED) is 0.447. The highest BCUT2D eigenvalue weighted by Gasteiger charge is 2.26. The summed E-state index contributed by atoms with van der Waals surface area (Å²) in [7, 11) is 1.55. The summed E-state index contributed by atoms with van der Waals surface area (Å²) in [6, 6.07) is 4.39. The number of hydrogen-bond acceptors (Lipinski definition) is 6. The molecule has 2 heterocycles. The highest BCUT2D eigenvalue weighted by Crippen LogP contribution is 2.29. The molecule has 0 radical (unpaired) electrons. The molecule has 0 aliphatic heterocycles. The maximum atomic E-state index is 13.0. The minimum absolute atomic E-state index is 0.236. The smallest absolute Gasteiger partial charge is 0.326 e. The maximum absolute atomic E-state index is 13.0. The van der Waals surface area contributed by atoms with Crippen LogP contribution in [-0.4, -0.2) is 44.9 Å². The second kappa shape index (κ2) is 9.86. The summed E-state index contributed by atoms with van der Waals surface area (Å²) in [6.07, 6.45) is 3.08. The molecule has 1 aromatic carbocycles. The van der Waals surface area contributed by atoms with Gasteiger partial charge in [-0.3, -0.25) is 4.79 Å². The molecule has 0 bridgehead atoms. The molecule has 32 heavy (non-hydrogen) atoms. The minimum atomic E-state index is -1.09. The van der Waals surface area contributed by atoms with Gasteiger partial charge in [0.1, 0.15) is 11.8 Å². The fourth-order valence-electron chi connectivity index (χ4n) is 3.36. The number of nitrogens with zero attached hydrogens (tertiary/aromatic N) is 3.